The summed E-state index contributed by atoms with van der Waals surface area (Å²) >= 11 is 0. The zero-order valence-corrected chi connectivity index (χ0v) is 10.6. The van der Waals surface area contributed by atoms with Crippen molar-refractivity contribution in [2.24, 2.45) is 0 Å². The minimum atomic E-state index is -0.284. The molecule has 20 heavy (non-hydrogen) atoms. The van der Waals surface area contributed by atoms with Gasteiger partial charge in [0, 0.05) is 34.8 Å². The predicted molar refractivity (Wildman–Crippen MR) is 77.3 cm³/mol. The third-order valence-electron chi connectivity index (χ3n) is 2.98. The molecule has 0 fully saturated rings. The minimum Gasteiger partial charge on any atom is -0.399 e. The molecule has 0 atom stereocenters. The summed E-state index contributed by atoms with van der Waals surface area (Å²) in [6.07, 6.45) is 3.23. The molecule has 3 nitrogen and oxygen atoms in total. The Morgan fingerprint density at radius 2 is 1.60 bits per heavy atom. The van der Waals surface area contributed by atoms with Gasteiger partial charge in [0.15, 0.2) is 5.82 Å². The van der Waals surface area contributed by atoms with E-state index in [0.29, 0.717) is 22.6 Å². The molecule has 0 saturated carbocycles. The molecule has 1 aromatic heterocycles. The van der Waals surface area contributed by atoms with Crippen LogP contribution in [-0.4, -0.2) is 9.97 Å². The first-order valence-electron chi connectivity index (χ1n) is 6.17. The molecule has 3 rings (SSSR count). The van der Waals surface area contributed by atoms with Gasteiger partial charge in [-0.3, -0.25) is 0 Å². The molecule has 0 bridgehead atoms. The Balaban J connectivity index is 1.98. The zero-order valence-electron chi connectivity index (χ0n) is 10.6. The predicted octanol–water partition coefficient (Wildman–Crippen LogP) is 3.53. The Bertz CT molecular complexity index is 739. The lowest BCUT2D eigenvalue weighted by Crippen LogP contribution is -1.92. The van der Waals surface area contributed by atoms with E-state index in [0.717, 1.165) is 5.56 Å². The molecule has 0 radical (unpaired) electrons. The largest absolute Gasteiger partial charge is 0.399 e. The van der Waals surface area contributed by atoms with Crippen LogP contribution in [0.2, 0.25) is 0 Å². The fraction of sp³-hybridized carbons (Fsp3) is 0. The second-order valence-electron chi connectivity index (χ2n) is 4.40. The van der Waals surface area contributed by atoms with Crippen molar-refractivity contribution in [2.75, 3.05) is 5.73 Å². The van der Waals surface area contributed by atoms with Gasteiger partial charge < -0.3 is 5.73 Å². The van der Waals surface area contributed by atoms with E-state index >= 15 is 0 Å². The van der Waals surface area contributed by atoms with E-state index in [2.05, 4.69) is 9.97 Å². The van der Waals surface area contributed by atoms with Gasteiger partial charge in [0.25, 0.3) is 0 Å². The first-order chi connectivity index (χ1) is 9.74. The van der Waals surface area contributed by atoms with E-state index in [1.54, 1.807) is 42.7 Å². The van der Waals surface area contributed by atoms with Crippen LogP contribution in [0.1, 0.15) is 0 Å². The quantitative estimate of drug-likeness (QED) is 0.721. The van der Waals surface area contributed by atoms with E-state index < -0.39 is 0 Å². The summed E-state index contributed by atoms with van der Waals surface area (Å²) in [6, 6.07) is 13.9. The van der Waals surface area contributed by atoms with Crippen LogP contribution in [0.15, 0.2) is 60.9 Å². The molecule has 0 saturated heterocycles. The van der Waals surface area contributed by atoms with Crippen LogP contribution in [0.25, 0.3) is 22.5 Å². The number of rotatable bonds is 2. The van der Waals surface area contributed by atoms with Crippen LogP contribution >= 0.6 is 0 Å². The molecule has 3 aromatic rings. The van der Waals surface area contributed by atoms with Crippen LogP contribution in [0, 0.1) is 5.82 Å². The fourth-order valence-electron chi connectivity index (χ4n) is 1.99. The number of benzene rings is 2. The van der Waals surface area contributed by atoms with Crippen molar-refractivity contribution in [1.29, 1.82) is 0 Å². The summed E-state index contributed by atoms with van der Waals surface area (Å²) in [7, 11) is 0. The second-order valence-corrected chi connectivity index (χ2v) is 4.40. The molecule has 1 heterocycles. The molecule has 4 heteroatoms. The van der Waals surface area contributed by atoms with Gasteiger partial charge in [-0.15, -0.1) is 0 Å². The number of nitrogens with two attached hydrogens (primary N) is 1. The maximum Gasteiger partial charge on any atom is 0.159 e. The highest BCUT2D eigenvalue weighted by Gasteiger charge is 2.06. The highest BCUT2D eigenvalue weighted by Crippen LogP contribution is 2.23. The van der Waals surface area contributed by atoms with Crippen molar-refractivity contribution in [3.63, 3.8) is 0 Å². The number of nitrogen functional groups attached to an aromatic ring is 1. The first-order valence-corrected chi connectivity index (χ1v) is 6.17. The van der Waals surface area contributed by atoms with Gasteiger partial charge in [0.2, 0.25) is 0 Å². The van der Waals surface area contributed by atoms with E-state index in [1.165, 1.54) is 6.07 Å². The number of anilines is 1. The summed E-state index contributed by atoms with van der Waals surface area (Å²) in [5, 5.41) is 0. The van der Waals surface area contributed by atoms with Gasteiger partial charge in [-0.2, -0.15) is 0 Å². The van der Waals surface area contributed by atoms with Crippen LogP contribution < -0.4 is 5.73 Å². The summed E-state index contributed by atoms with van der Waals surface area (Å²) < 4.78 is 13.7. The maximum atomic E-state index is 13.7. The SMILES string of the molecule is Nc1cccc(-c2ncc(-c3ccccc3F)cn2)c1. The van der Waals surface area contributed by atoms with Crippen molar-refractivity contribution in [3.05, 3.63) is 66.7 Å². The number of nitrogens with zero attached hydrogens (tertiary/aromatic N) is 2. The Labute approximate surface area is 115 Å². The smallest absolute Gasteiger partial charge is 0.159 e. The van der Waals surface area contributed by atoms with Crippen molar-refractivity contribution in [2.45, 2.75) is 0 Å². The molecule has 0 amide bonds. The number of aromatic nitrogens is 2. The van der Waals surface area contributed by atoms with Crippen LogP contribution in [0.5, 0.6) is 0 Å². The molecule has 98 valence electrons. The Hall–Kier alpha value is -2.75. The van der Waals surface area contributed by atoms with Gasteiger partial charge in [0.1, 0.15) is 5.82 Å². The lowest BCUT2D eigenvalue weighted by molar-refractivity contribution is 0.631. The number of halogens is 1. The normalized spacial score (nSPS) is 10.4. The molecular weight excluding hydrogens is 253 g/mol. The Kier molecular flexibility index (Phi) is 3.13. The first kappa shape index (κ1) is 12.3. The average molecular weight is 265 g/mol. The van der Waals surface area contributed by atoms with Crippen molar-refractivity contribution in [1.82, 2.24) is 9.97 Å². The molecule has 0 unspecified atom stereocenters. The van der Waals surface area contributed by atoms with E-state index in [9.17, 15) is 4.39 Å². The molecule has 0 aliphatic carbocycles. The topological polar surface area (TPSA) is 51.8 Å². The lowest BCUT2D eigenvalue weighted by atomic mass is 10.1. The monoisotopic (exact) mass is 265 g/mol. The van der Waals surface area contributed by atoms with Gasteiger partial charge in [-0.1, -0.05) is 30.3 Å². The van der Waals surface area contributed by atoms with Crippen molar-refractivity contribution < 1.29 is 4.39 Å². The molecule has 0 aliphatic heterocycles. The van der Waals surface area contributed by atoms with Gasteiger partial charge in [0.05, 0.1) is 0 Å². The highest BCUT2D eigenvalue weighted by atomic mass is 19.1. The second kappa shape index (κ2) is 5.09. The van der Waals surface area contributed by atoms with E-state index in [4.69, 9.17) is 5.73 Å². The minimum absolute atomic E-state index is 0.284. The zero-order chi connectivity index (χ0) is 13.9. The van der Waals surface area contributed by atoms with Gasteiger partial charge in [-0.25, -0.2) is 14.4 Å². The van der Waals surface area contributed by atoms with E-state index in [-0.39, 0.29) is 5.82 Å². The van der Waals surface area contributed by atoms with Crippen LogP contribution in [-0.2, 0) is 0 Å². The average Bonchev–Trinajstić information content (AvgIpc) is 2.48. The van der Waals surface area contributed by atoms with Gasteiger partial charge in [-0.05, 0) is 18.2 Å². The Morgan fingerprint density at radius 3 is 2.30 bits per heavy atom. The standard InChI is InChI=1S/C16H12FN3/c17-15-7-2-1-6-14(15)12-9-19-16(20-10-12)11-4-3-5-13(18)8-11/h1-10H,18H2. The number of hydrogen-bond acceptors (Lipinski definition) is 3. The third-order valence-corrected chi connectivity index (χ3v) is 2.98. The molecular formula is C16H12FN3. The van der Waals surface area contributed by atoms with Crippen LogP contribution in [0.4, 0.5) is 10.1 Å². The van der Waals surface area contributed by atoms with Crippen molar-refractivity contribution in [3.8, 4) is 22.5 Å². The Morgan fingerprint density at radius 1 is 0.850 bits per heavy atom. The maximum absolute atomic E-state index is 13.7. The third kappa shape index (κ3) is 2.36. The summed E-state index contributed by atoms with van der Waals surface area (Å²) in [5.74, 6) is 0.283. The van der Waals surface area contributed by atoms with Crippen molar-refractivity contribution >= 4 is 5.69 Å². The van der Waals surface area contributed by atoms with Crippen LogP contribution in [0.3, 0.4) is 0 Å². The number of hydrogen-bond donors (Lipinski definition) is 1. The lowest BCUT2D eigenvalue weighted by Gasteiger charge is -2.04. The summed E-state index contributed by atoms with van der Waals surface area (Å²) in [4.78, 5) is 8.55. The van der Waals surface area contributed by atoms with Gasteiger partial charge >= 0.3 is 0 Å². The summed E-state index contributed by atoms with van der Waals surface area (Å²) in [5.41, 5.74) is 8.37. The highest BCUT2D eigenvalue weighted by molar-refractivity contribution is 5.65. The molecule has 2 aromatic carbocycles. The van der Waals surface area contributed by atoms with E-state index in [1.807, 2.05) is 12.1 Å². The molecule has 0 aliphatic rings. The molecule has 2 N–H and O–H groups in total. The molecule has 0 spiro atoms. The fourth-order valence-corrected chi connectivity index (χ4v) is 1.99. The summed E-state index contributed by atoms with van der Waals surface area (Å²) in [6.45, 7) is 0.